The molecule has 7 heteroatoms. The summed E-state index contributed by atoms with van der Waals surface area (Å²) in [6.45, 7) is 0.166. The fraction of sp³-hybridized carbons (Fsp3) is 0.375. The number of nitrogens with one attached hydrogen (secondary N) is 2. The van der Waals surface area contributed by atoms with E-state index < -0.39 is 10.0 Å². The van der Waals surface area contributed by atoms with Gasteiger partial charge in [0.15, 0.2) is 0 Å². The van der Waals surface area contributed by atoms with E-state index in [2.05, 4.69) is 15.0 Å². The molecule has 3 N–H and O–H groups in total. The highest BCUT2D eigenvalue weighted by Gasteiger charge is 2.16. The van der Waals surface area contributed by atoms with Crippen LogP contribution in [0.5, 0.6) is 0 Å². The minimum Gasteiger partial charge on any atom is -0.395 e. The van der Waals surface area contributed by atoms with E-state index in [9.17, 15) is 8.42 Å². The van der Waals surface area contributed by atoms with Crippen LogP contribution >= 0.6 is 0 Å². The van der Waals surface area contributed by atoms with Crippen LogP contribution < -0.4 is 10.0 Å². The molecule has 0 aromatic carbocycles. The van der Waals surface area contributed by atoms with Crippen molar-refractivity contribution in [3.63, 3.8) is 0 Å². The first-order valence-corrected chi connectivity index (χ1v) is 5.83. The molecule has 0 atom stereocenters. The Morgan fingerprint density at radius 3 is 2.87 bits per heavy atom. The van der Waals surface area contributed by atoms with Gasteiger partial charge in [-0.1, -0.05) is 0 Å². The van der Waals surface area contributed by atoms with E-state index in [1.807, 2.05) is 0 Å². The van der Waals surface area contributed by atoms with Crippen molar-refractivity contribution >= 4 is 15.8 Å². The maximum atomic E-state index is 11.5. The molecule has 0 fully saturated rings. The maximum absolute atomic E-state index is 11.5. The molecule has 6 nitrogen and oxygen atoms in total. The van der Waals surface area contributed by atoms with Gasteiger partial charge in [0, 0.05) is 12.7 Å². The van der Waals surface area contributed by atoms with Crippen molar-refractivity contribution in [3.8, 4) is 0 Å². The van der Waals surface area contributed by atoms with E-state index in [-0.39, 0.29) is 23.9 Å². The van der Waals surface area contributed by atoms with Crippen molar-refractivity contribution in [2.45, 2.75) is 4.90 Å². The molecular weight excluding hydrogens is 218 g/mol. The van der Waals surface area contributed by atoms with Gasteiger partial charge >= 0.3 is 0 Å². The monoisotopic (exact) mass is 231 g/mol. The van der Waals surface area contributed by atoms with Gasteiger partial charge in [-0.05, 0) is 19.2 Å². The number of pyridine rings is 1. The summed E-state index contributed by atoms with van der Waals surface area (Å²) in [5, 5.41) is 11.3. The van der Waals surface area contributed by atoms with E-state index in [0.29, 0.717) is 0 Å². The van der Waals surface area contributed by atoms with Crippen LogP contribution in [0.1, 0.15) is 0 Å². The van der Waals surface area contributed by atoms with Gasteiger partial charge in [0.05, 0.1) is 6.61 Å². The predicted molar refractivity (Wildman–Crippen MR) is 56.1 cm³/mol. The molecule has 15 heavy (non-hydrogen) atoms. The van der Waals surface area contributed by atoms with Crippen molar-refractivity contribution in [3.05, 3.63) is 18.3 Å². The Morgan fingerprint density at radius 1 is 1.53 bits per heavy atom. The number of rotatable bonds is 5. The van der Waals surface area contributed by atoms with Crippen LogP contribution in [-0.2, 0) is 10.0 Å². The number of hydrogen-bond acceptors (Lipinski definition) is 5. The van der Waals surface area contributed by atoms with Crippen LogP contribution in [0.15, 0.2) is 23.2 Å². The first-order valence-electron chi connectivity index (χ1n) is 4.35. The number of sulfonamides is 1. The third-order valence-electron chi connectivity index (χ3n) is 1.73. The highest BCUT2D eigenvalue weighted by Crippen LogP contribution is 2.16. The zero-order valence-electron chi connectivity index (χ0n) is 8.27. The summed E-state index contributed by atoms with van der Waals surface area (Å²) in [7, 11) is -2.18. The lowest BCUT2D eigenvalue weighted by molar-refractivity contribution is 0.311. The van der Waals surface area contributed by atoms with Gasteiger partial charge in [-0.25, -0.2) is 18.1 Å². The average Bonchev–Trinajstić information content (AvgIpc) is 2.26. The lowest BCUT2D eigenvalue weighted by atomic mass is 10.4. The van der Waals surface area contributed by atoms with Crippen molar-refractivity contribution in [1.82, 2.24) is 9.71 Å². The summed E-state index contributed by atoms with van der Waals surface area (Å²) >= 11 is 0. The Hall–Kier alpha value is -1.18. The molecule has 0 radical (unpaired) electrons. The van der Waals surface area contributed by atoms with Gasteiger partial charge in [0.2, 0.25) is 10.0 Å². The Morgan fingerprint density at radius 2 is 2.27 bits per heavy atom. The Bertz CT molecular complexity index is 419. The van der Waals surface area contributed by atoms with Gasteiger partial charge in [-0.3, -0.25) is 0 Å². The van der Waals surface area contributed by atoms with E-state index in [4.69, 9.17) is 5.11 Å². The molecule has 1 aromatic heterocycles. The van der Waals surface area contributed by atoms with Gasteiger partial charge in [0.1, 0.15) is 10.7 Å². The minimum absolute atomic E-state index is 0.0703. The predicted octanol–water partition coefficient (Wildman–Crippen LogP) is -0.606. The van der Waals surface area contributed by atoms with E-state index in [0.717, 1.165) is 0 Å². The molecule has 1 aromatic rings. The fourth-order valence-corrected chi connectivity index (χ4v) is 1.88. The molecule has 84 valence electrons. The Labute approximate surface area is 88.4 Å². The van der Waals surface area contributed by atoms with Crippen LogP contribution in [0.2, 0.25) is 0 Å². The number of aliphatic hydroxyl groups excluding tert-OH is 1. The topological polar surface area (TPSA) is 91.3 Å². The summed E-state index contributed by atoms with van der Waals surface area (Å²) in [5.74, 6) is 0.237. The molecule has 1 rings (SSSR count). The third kappa shape index (κ3) is 2.88. The number of aromatic nitrogens is 1. The average molecular weight is 231 g/mol. The second-order valence-corrected chi connectivity index (χ2v) is 4.56. The second-order valence-electron chi connectivity index (χ2n) is 2.71. The largest absolute Gasteiger partial charge is 0.395 e. The number of aliphatic hydroxyl groups is 1. The quantitative estimate of drug-likeness (QED) is 0.629. The maximum Gasteiger partial charge on any atom is 0.243 e. The first-order chi connectivity index (χ1) is 7.11. The van der Waals surface area contributed by atoms with Crippen LogP contribution in [-0.4, -0.2) is 38.7 Å². The highest BCUT2D eigenvalue weighted by molar-refractivity contribution is 7.89. The van der Waals surface area contributed by atoms with Gasteiger partial charge in [0.25, 0.3) is 0 Å². The summed E-state index contributed by atoms with van der Waals surface area (Å²) in [6, 6.07) is 2.98. The Kier molecular flexibility index (Phi) is 4.01. The molecule has 0 saturated carbocycles. The fourth-order valence-electron chi connectivity index (χ4n) is 1.02. The SMILES string of the molecule is CNS(=O)(=O)c1cccnc1NCCO. The normalized spacial score (nSPS) is 11.3. The Balaban J connectivity index is 3.07. The van der Waals surface area contributed by atoms with Gasteiger partial charge in [-0.2, -0.15) is 0 Å². The molecule has 0 bridgehead atoms. The van der Waals surface area contributed by atoms with Crippen molar-refractivity contribution < 1.29 is 13.5 Å². The molecule has 0 unspecified atom stereocenters. The summed E-state index contributed by atoms with van der Waals surface area (Å²) in [4.78, 5) is 3.96. The van der Waals surface area contributed by atoms with Crippen molar-refractivity contribution in [2.24, 2.45) is 0 Å². The van der Waals surface area contributed by atoms with E-state index in [1.165, 1.54) is 25.4 Å². The summed E-state index contributed by atoms with van der Waals surface area (Å²) in [5.41, 5.74) is 0. The number of nitrogens with zero attached hydrogens (tertiary/aromatic N) is 1. The van der Waals surface area contributed by atoms with Crippen LogP contribution in [0.3, 0.4) is 0 Å². The molecule has 0 spiro atoms. The first kappa shape index (κ1) is 11.9. The minimum atomic E-state index is -3.52. The van der Waals surface area contributed by atoms with Gasteiger partial charge < -0.3 is 10.4 Å². The third-order valence-corrected chi connectivity index (χ3v) is 3.18. The van der Waals surface area contributed by atoms with E-state index in [1.54, 1.807) is 0 Å². The molecular formula is C8H13N3O3S. The standard InChI is InChI=1S/C8H13N3O3S/c1-9-15(13,14)7-3-2-4-10-8(7)11-5-6-12/h2-4,9,12H,5-6H2,1H3,(H,10,11). The lowest BCUT2D eigenvalue weighted by Gasteiger charge is -2.09. The zero-order chi connectivity index (χ0) is 11.3. The molecule has 0 amide bonds. The van der Waals surface area contributed by atoms with Crippen LogP contribution in [0.25, 0.3) is 0 Å². The molecule has 0 aliphatic carbocycles. The van der Waals surface area contributed by atoms with Crippen molar-refractivity contribution in [1.29, 1.82) is 0 Å². The highest BCUT2D eigenvalue weighted by atomic mass is 32.2. The molecule has 0 aliphatic heterocycles. The molecule has 1 heterocycles. The van der Waals surface area contributed by atoms with E-state index >= 15 is 0 Å². The van der Waals surface area contributed by atoms with Crippen molar-refractivity contribution in [2.75, 3.05) is 25.5 Å². The summed E-state index contributed by atoms with van der Waals surface area (Å²) < 4.78 is 25.3. The number of hydrogen-bond donors (Lipinski definition) is 3. The molecule has 0 aliphatic rings. The lowest BCUT2D eigenvalue weighted by Crippen LogP contribution is -2.21. The second kappa shape index (κ2) is 5.06. The summed E-state index contributed by atoms with van der Waals surface area (Å²) in [6.07, 6.45) is 1.48. The van der Waals surface area contributed by atoms with Crippen LogP contribution in [0, 0.1) is 0 Å². The number of anilines is 1. The zero-order valence-corrected chi connectivity index (χ0v) is 9.08. The van der Waals surface area contributed by atoms with Crippen LogP contribution in [0.4, 0.5) is 5.82 Å². The molecule has 0 saturated heterocycles. The smallest absolute Gasteiger partial charge is 0.243 e. The van der Waals surface area contributed by atoms with Gasteiger partial charge in [-0.15, -0.1) is 0 Å².